The Balaban J connectivity index is 2.18. The summed E-state index contributed by atoms with van der Waals surface area (Å²) in [4.78, 5) is 0. The number of rotatable bonds is 4. The van der Waals surface area contributed by atoms with E-state index in [0.717, 1.165) is 25.4 Å². The van der Waals surface area contributed by atoms with Crippen molar-refractivity contribution in [2.24, 2.45) is 0 Å². The Hall–Kier alpha value is -1.22. The van der Waals surface area contributed by atoms with Gasteiger partial charge >= 0.3 is 0 Å². The van der Waals surface area contributed by atoms with Gasteiger partial charge < -0.3 is 15.4 Å². The summed E-state index contributed by atoms with van der Waals surface area (Å²) in [5.74, 6) is 1.55. The number of nitrogens with one attached hydrogen (secondary N) is 2. The first-order valence-corrected chi connectivity index (χ1v) is 5.97. The second kappa shape index (κ2) is 5.21. The third-order valence-electron chi connectivity index (χ3n) is 3.15. The smallest absolute Gasteiger partial charge is 0.120 e. The highest BCUT2D eigenvalue weighted by atomic mass is 16.5. The van der Waals surface area contributed by atoms with E-state index < -0.39 is 0 Å². The second-order valence-corrected chi connectivity index (χ2v) is 4.17. The molecule has 1 unspecified atom stereocenters. The summed E-state index contributed by atoms with van der Waals surface area (Å²) < 4.78 is 5.24. The van der Waals surface area contributed by atoms with Gasteiger partial charge in [-0.2, -0.15) is 0 Å². The van der Waals surface area contributed by atoms with E-state index >= 15 is 0 Å². The lowest BCUT2D eigenvalue weighted by Crippen LogP contribution is -2.26. The Kier molecular flexibility index (Phi) is 3.67. The summed E-state index contributed by atoms with van der Waals surface area (Å²) in [7, 11) is 1.71. The summed E-state index contributed by atoms with van der Waals surface area (Å²) in [6, 6.07) is 6.32. The lowest BCUT2D eigenvalue weighted by molar-refractivity contribution is 0.414. The maximum Gasteiger partial charge on any atom is 0.120 e. The van der Waals surface area contributed by atoms with Crippen molar-refractivity contribution in [3.05, 3.63) is 23.8 Å². The van der Waals surface area contributed by atoms with Gasteiger partial charge in [0.15, 0.2) is 0 Å². The van der Waals surface area contributed by atoms with Crippen LogP contribution in [0.1, 0.15) is 24.8 Å². The first-order valence-electron chi connectivity index (χ1n) is 5.97. The highest BCUT2D eigenvalue weighted by Gasteiger charge is 2.19. The van der Waals surface area contributed by atoms with Crippen LogP contribution in [-0.2, 0) is 0 Å². The molecule has 0 spiro atoms. The molecule has 1 aromatic rings. The maximum atomic E-state index is 5.24. The van der Waals surface area contributed by atoms with E-state index in [1.54, 1.807) is 7.11 Å². The molecule has 0 fully saturated rings. The molecule has 1 aliphatic rings. The molecule has 0 bridgehead atoms. The third-order valence-corrected chi connectivity index (χ3v) is 3.15. The fourth-order valence-corrected chi connectivity index (χ4v) is 2.24. The highest BCUT2D eigenvalue weighted by Crippen LogP contribution is 2.33. The zero-order valence-electron chi connectivity index (χ0n) is 10.0. The standard InChI is InChI=1S/C13H20N2O/c1-3-14-9-10-6-7-15-13-8-11(16-2)4-5-12(10)13/h4-5,8,10,14-15H,3,6-7,9H2,1-2H3. The summed E-state index contributed by atoms with van der Waals surface area (Å²) in [6.45, 7) is 5.30. The first-order chi connectivity index (χ1) is 7.85. The highest BCUT2D eigenvalue weighted by molar-refractivity contribution is 5.58. The van der Waals surface area contributed by atoms with Crippen LogP contribution >= 0.6 is 0 Å². The molecule has 0 radical (unpaired) electrons. The predicted octanol–water partition coefficient (Wildman–Crippen LogP) is 2.20. The average Bonchev–Trinajstić information content (AvgIpc) is 2.35. The minimum absolute atomic E-state index is 0.627. The maximum absolute atomic E-state index is 5.24. The predicted molar refractivity (Wildman–Crippen MR) is 67.4 cm³/mol. The van der Waals surface area contributed by atoms with Gasteiger partial charge in [0.25, 0.3) is 0 Å². The monoisotopic (exact) mass is 220 g/mol. The zero-order valence-corrected chi connectivity index (χ0v) is 10.0. The number of likely N-dealkylation sites (N-methyl/N-ethyl adjacent to an activating group) is 1. The minimum Gasteiger partial charge on any atom is -0.497 e. The van der Waals surface area contributed by atoms with Gasteiger partial charge in [0.05, 0.1) is 7.11 Å². The van der Waals surface area contributed by atoms with Gasteiger partial charge in [0.2, 0.25) is 0 Å². The van der Waals surface area contributed by atoms with E-state index in [0.29, 0.717) is 5.92 Å². The van der Waals surface area contributed by atoms with Crippen molar-refractivity contribution in [1.82, 2.24) is 5.32 Å². The van der Waals surface area contributed by atoms with E-state index in [9.17, 15) is 0 Å². The van der Waals surface area contributed by atoms with E-state index in [1.807, 2.05) is 6.07 Å². The molecular formula is C13H20N2O. The molecule has 0 aliphatic carbocycles. The van der Waals surface area contributed by atoms with E-state index in [2.05, 4.69) is 29.7 Å². The van der Waals surface area contributed by atoms with Crippen molar-refractivity contribution < 1.29 is 4.74 Å². The fourth-order valence-electron chi connectivity index (χ4n) is 2.24. The molecule has 3 heteroatoms. The summed E-state index contributed by atoms with van der Waals surface area (Å²) in [5, 5.41) is 6.86. The van der Waals surface area contributed by atoms with Gasteiger partial charge in [-0.15, -0.1) is 0 Å². The quantitative estimate of drug-likeness (QED) is 0.816. The molecule has 1 heterocycles. The van der Waals surface area contributed by atoms with Crippen molar-refractivity contribution in [1.29, 1.82) is 0 Å². The molecule has 0 aromatic heterocycles. The Morgan fingerprint density at radius 1 is 1.50 bits per heavy atom. The number of hydrogen-bond donors (Lipinski definition) is 2. The molecule has 2 N–H and O–H groups in total. The first kappa shape index (κ1) is 11.3. The number of hydrogen-bond acceptors (Lipinski definition) is 3. The Morgan fingerprint density at radius 3 is 3.12 bits per heavy atom. The van der Waals surface area contributed by atoms with Crippen molar-refractivity contribution >= 4 is 5.69 Å². The molecule has 2 rings (SSSR count). The normalized spacial score (nSPS) is 18.8. The average molecular weight is 220 g/mol. The molecule has 1 aliphatic heterocycles. The number of fused-ring (bicyclic) bond motifs is 1. The fraction of sp³-hybridized carbons (Fsp3) is 0.538. The molecule has 1 aromatic carbocycles. The summed E-state index contributed by atoms with van der Waals surface area (Å²) >= 11 is 0. The Bertz CT molecular complexity index is 352. The van der Waals surface area contributed by atoms with Gasteiger partial charge in [-0.25, -0.2) is 0 Å². The topological polar surface area (TPSA) is 33.3 Å². The number of methoxy groups -OCH3 is 1. The molecule has 1 atom stereocenters. The Labute approximate surface area is 97.2 Å². The largest absolute Gasteiger partial charge is 0.497 e. The van der Waals surface area contributed by atoms with Crippen molar-refractivity contribution in [3.8, 4) is 5.75 Å². The summed E-state index contributed by atoms with van der Waals surface area (Å²) in [6.07, 6.45) is 1.20. The van der Waals surface area contributed by atoms with Gasteiger partial charge in [0.1, 0.15) is 5.75 Å². The number of ether oxygens (including phenoxy) is 1. The Morgan fingerprint density at radius 2 is 2.38 bits per heavy atom. The van der Waals surface area contributed by atoms with Gasteiger partial charge in [-0.3, -0.25) is 0 Å². The van der Waals surface area contributed by atoms with E-state index in [1.165, 1.54) is 17.7 Å². The summed E-state index contributed by atoms with van der Waals surface area (Å²) in [5.41, 5.74) is 2.64. The molecule has 0 saturated heterocycles. The molecule has 88 valence electrons. The van der Waals surface area contributed by atoms with Crippen LogP contribution in [0.4, 0.5) is 5.69 Å². The molecule has 3 nitrogen and oxygen atoms in total. The van der Waals surface area contributed by atoms with Gasteiger partial charge in [0, 0.05) is 30.8 Å². The van der Waals surface area contributed by atoms with E-state index in [4.69, 9.17) is 4.74 Å². The molecular weight excluding hydrogens is 200 g/mol. The SMILES string of the molecule is CCNCC1CCNc2cc(OC)ccc21. The van der Waals surface area contributed by atoms with E-state index in [-0.39, 0.29) is 0 Å². The molecule has 0 saturated carbocycles. The lowest BCUT2D eigenvalue weighted by Gasteiger charge is -2.27. The van der Waals surface area contributed by atoms with Crippen LogP contribution in [0.2, 0.25) is 0 Å². The van der Waals surface area contributed by atoms with Gasteiger partial charge in [-0.05, 0) is 24.6 Å². The third kappa shape index (κ3) is 2.30. The van der Waals surface area contributed by atoms with Crippen molar-refractivity contribution in [3.63, 3.8) is 0 Å². The van der Waals surface area contributed by atoms with Gasteiger partial charge in [-0.1, -0.05) is 13.0 Å². The lowest BCUT2D eigenvalue weighted by atomic mass is 9.91. The van der Waals surface area contributed by atoms with Crippen LogP contribution in [0.15, 0.2) is 18.2 Å². The number of anilines is 1. The molecule has 0 amide bonds. The van der Waals surface area contributed by atoms with Crippen LogP contribution in [-0.4, -0.2) is 26.7 Å². The van der Waals surface area contributed by atoms with Crippen molar-refractivity contribution in [2.75, 3.05) is 32.1 Å². The van der Waals surface area contributed by atoms with Crippen LogP contribution in [0.25, 0.3) is 0 Å². The second-order valence-electron chi connectivity index (χ2n) is 4.17. The van der Waals surface area contributed by atoms with Crippen LogP contribution in [0.3, 0.4) is 0 Å². The molecule has 16 heavy (non-hydrogen) atoms. The minimum atomic E-state index is 0.627. The van der Waals surface area contributed by atoms with Crippen LogP contribution in [0, 0.1) is 0 Å². The zero-order chi connectivity index (χ0) is 11.4. The van der Waals surface area contributed by atoms with Crippen LogP contribution < -0.4 is 15.4 Å². The van der Waals surface area contributed by atoms with Crippen LogP contribution in [0.5, 0.6) is 5.75 Å². The van der Waals surface area contributed by atoms with Crippen molar-refractivity contribution in [2.45, 2.75) is 19.3 Å². The number of benzene rings is 1.